The zero-order valence-corrected chi connectivity index (χ0v) is 15.4. The summed E-state index contributed by atoms with van der Waals surface area (Å²) >= 11 is 12.7. The molecule has 4 nitrogen and oxygen atoms in total. The zero-order valence-electron chi connectivity index (χ0n) is 11.5. The van der Waals surface area contributed by atoms with Gasteiger partial charge in [-0.05, 0) is 57.0 Å². The van der Waals surface area contributed by atoms with Gasteiger partial charge in [0.1, 0.15) is 5.75 Å². The van der Waals surface area contributed by atoms with Gasteiger partial charge in [-0.25, -0.2) is 0 Å². The van der Waals surface area contributed by atoms with E-state index in [-0.39, 0.29) is 11.5 Å². The number of aliphatic imine (C=N–C) groups is 1. The predicted molar refractivity (Wildman–Crippen MR) is 95.0 cm³/mol. The second kappa shape index (κ2) is 7.35. The van der Waals surface area contributed by atoms with Gasteiger partial charge in [-0.3, -0.25) is 4.99 Å². The third-order valence-corrected chi connectivity index (χ3v) is 4.13. The highest BCUT2D eigenvalue weighted by molar-refractivity contribution is 9.11. The zero-order chi connectivity index (χ0) is 16.3. The van der Waals surface area contributed by atoms with Gasteiger partial charge in [0.25, 0.3) is 0 Å². The van der Waals surface area contributed by atoms with E-state index in [1.807, 2.05) is 6.92 Å². The van der Waals surface area contributed by atoms with Gasteiger partial charge in [-0.15, -0.1) is 0 Å². The minimum absolute atomic E-state index is 0.0268. The Morgan fingerprint density at radius 2 is 1.82 bits per heavy atom. The van der Waals surface area contributed by atoms with Gasteiger partial charge in [-0.2, -0.15) is 0 Å². The lowest BCUT2D eigenvalue weighted by molar-refractivity contribution is 0.318. The van der Waals surface area contributed by atoms with E-state index in [1.165, 1.54) is 18.3 Å². The number of hydrogen-bond acceptors (Lipinski definition) is 4. The molecular formula is C15H12Br2ClNO3. The molecule has 22 heavy (non-hydrogen) atoms. The molecule has 0 aliphatic heterocycles. The third kappa shape index (κ3) is 3.94. The van der Waals surface area contributed by atoms with Crippen molar-refractivity contribution in [2.75, 3.05) is 6.61 Å². The first-order chi connectivity index (χ1) is 10.4. The fraction of sp³-hybridized carbons (Fsp3) is 0.133. The van der Waals surface area contributed by atoms with Crippen molar-refractivity contribution in [2.24, 2.45) is 4.99 Å². The molecule has 0 amide bonds. The molecule has 0 atom stereocenters. The summed E-state index contributed by atoms with van der Waals surface area (Å²) in [7, 11) is 0. The quantitative estimate of drug-likeness (QED) is 0.613. The highest BCUT2D eigenvalue weighted by Gasteiger charge is 2.10. The maximum Gasteiger partial charge on any atom is 0.166 e. The van der Waals surface area contributed by atoms with E-state index in [2.05, 4.69) is 36.9 Å². The van der Waals surface area contributed by atoms with Crippen LogP contribution in [0.15, 0.2) is 38.2 Å². The highest BCUT2D eigenvalue weighted by Crippen LogP contribution is 2.38. The molecule has 0 spiro atoms. The van der Waals surface area contributed by atoms with Crippen LogP contribution in [0.4, 0.5) is 5.69 Å². The van der Waals surface area contributed by atoms with Crippen molar-refractivity contribution >= 4 is 55.4 Å². The molecule has 2 aromatic carbocycles. The van der Waals surface area contributed by atoms with Crippen LogP contribution in [0.1, 0.15) is 12.5 Å². The SMILES string of the molecule is CCOc1cc(Cl)cc(C=Nc2c(Br)cc(O)cc2Br)c1O. The summed E-state index contributed by atoms with van der Waals surface area (Å²) in [5, 5.41) is 20.1. The van der Waals surface area contributed by atoms with Crippen LogP contribution in [-0.2, 0) is 0 Å². The van der Waals surface area contributed by atoms with Crippen LogP contribution in [0.3, 0.4) is 0 Å². The standard InChI is InChI=1S/C15H12Br2ClNO3/c1-2-22-13-4-9(18)3-8(15(13)21)7-19-14-11(16)5-10(20)6-12(14)17/h3-7,20-21H,2H2,1H3. The third-order valence-electron chi connectivity index (χ3n) is 2.70. The summed E-state index contributed by atoms with van der Waals surface area (Å²) in [5.41, 5.74) is 1.01. The Morgan fingerprint density at radius 1 is 1.18 bits per heavy atom. The lowest BCUT2D eigenvalue weighted by Crippen LogP contribution is -1.94. The van der Waals surface area contributed by atoms with Gasteiger partial charge < -0.3 is 14.9 Å². The van der Waals surface area contributed by atoms with Crippen molar-refractivity contribution in [3.63, 3.8) is 0 Å². The Balaban J connectivity index is 2.43. The van der Waals surface area contributed by atoms with Crippen LogP contribution in [0.5, 0.6) is 17.2 Å². The van der Waals surface area contributed by atoms with Crippen molar-refractivity contribution < 1.29 is 14.9 Å². The molecule has 0 aliphatic carbocycles. The Kier molecular flexibility index (Phi) is 5.72. The fourth-order valence-electron chi connectivity index (χ4n) is 1.77. The normalized spacial score (nSPS) is 11.1. The van der Waals surface area contributed by atoms with E-state index in [0.717, 1.165) is 0 Å². The van der Waals surface area contributed by atoms with Gasteiger partial charge in [0, 0.05) is 31.8 Å². The average molecular weight is 450 g/mol. The maximum atomic E-state index is 10.2. The molecule has 0 aliphatic rings. The van der Waals surface area contributed by atoms with Crippen LogP contribution < -0.4 is 4.74 Å². The van der Waals surface area contributed by atoms with Gasteiger partial charge in [0.2, 0.25) is 0 Å². The summed E-state index contributed by atoms with van der Waals surface area (Å²) in [6, 6.07) is 6.19. The Labute approximate surface area is 149 Å². The molecule has 0 radical (unpaired) electrons. The van der Waals surface area contributed by atoms with Crippen molar-refractivity contribution in [1.82, 2.24) is 0 Å². The van der Waals surface area contributed by atoms with Gasteiger partial charge >= 0.3 is 0 Å². The average Bonchev–Trinajstić information content (AvgIpc) is 2.42. The van der Waals surface area contributed by atoms with Crippen LogP contribution >= 0.6 is 43.5 Å². The first-order valence-corrected chi connectivity index (χ1v) is 8.26. The minimum atomic E-state index is -0.0268. The number of benzene rings is 2. The van der Waals surface area contributed by atoms with Crippen LogP contribution in [-0.4, -0.2) is 23.0 Å². The Hall–Kier alpha value is -1.24. The first-order valence-electron chi connectivity index (χ1n) is 6.29. The Morgan fingerprint density at radius 3 is 2.41 bits per heavy atom. The maximum absolute atomic E-state index is 10.2. The van der Waals surface area contributed by atoms with Crippen molar-refractivity contribution in [3.8, 4) is 17.2 Å². The summed E-state index contributed by atoms with van der Waals surface area (Å²) < 4.78 is 6.55. The van der Waals surface area contributed by atoms with E-state index in [9.17, 15) is 10.2 Å². The molecule has 0 fully saturated rings. The lowest BCUT2D eigenvalue weighted by atomic mass is 10.2. The monoisotopic (exact) mass is 447 g/mol. The van der Waals surface area contributed by atoms with Crippen molar-refractivity contribution in [1.29, 1.82) is 0 Å². The smallest absolute Gasteiger partial charge is 0.166 e. The van der Waals surface area contributed by atoms with Crippen LogP contribution in [0.25, 0.3) is 0 Å². The number of ether oxygens (including phenoxy) is 1. The van der Waals surface area contributed by atoms with Gasteiger partial charge in [0.05, 0.1) is 12.3 Å². The Bertz CT molecular complexity index is 712. The van der Waals surface area contributed by atoms with E-state index in [0.29, 0.717) is 37.6 Å². The molecule has 0 saturated heterocycles. The summed E-state index contributed by atoms with van der Waals surface area (Å²) in [5.74, 6) is 0.392. The molecular weight excluding hydrogens is 437 g/mol. The summed E-state index contributed by atoms with van der Waals surface area (Å²) in [6.07, 6.45) is 1.48. The molecule has 0 heterocycles. The molecule has 0 unspecified atom stereocenters. The largest absolute Gasteiger partial charge is 0.508 e. The molecule has 116 valence electrons. The van der Waals surface area contributed by atoms with E-state index in [1.54, 1.807) is 12.1 Å². The van der Waals surface area contributed by atoms with Gasteiger partial charge in [-0.1, -0.05) is 11.6 Å². The number of halogens is 3. The summed E-state index contributed by atoms with van der Waals surface area (Å²) in [6.45, 7) is 2.23. The molecule has 2 N–H and O–H groups in total. The molecule has 0 aromatic heterocycles. The van der Waals surface area contributed by atoms with Crippen LogP contribution in [0, 0.1) is 0 Å². The van der Waals surface area contributed by atoms with E-state index < -0.39 is 0 Å². The number of nitrogens with zero attached hydrogens (tertiary/aromatic N) is 1. The molecule has 7 heteroatoms. The number of rotatable bonds is 4. The lowest BCUT2D eigenvalue weighted by Gasteiger charge is -2.09. The van der Waals surface area contributed by atoms with E-state index >= 15 is 0 Å². The molecule has 0 saturated carbocycles. The number of phenolic OH excluding ortho intramolecular Hbond substituents is 2. The first kappa shape index (κ1) is 17.1. The summed E-state index contributed by atoms with van der Waals surface area (Å²) in [4.78, 5) is 4.32. The highest BCUT2D eigenvalue weighted by atomic mass is 79.9. The number of hydrogen-bond donors (Lipinski definition) is 2. The second-order valence-electron chi connectivity index (χ2n) is 4.29. The second-order valence-corrected chi connectivity index (χ2v) is 6.44. The number of phenols is 2. The topological polar surface area (TPSA) is 62.0 Å². The molecule has 2 rings (SSSR count). The van der Waals surface area contributed by atoms with Gasteiger partial charge in [0.15, 0.2) is 11.5 Å². The van der Waals surface area contributed by atoms with Crippen molar-refractivity contribution in [3.05, 3.63) is 43.8 Å². The fourth-order valence-corrected chi connectivity index (χ4v) is 3.35. The minimum Gasteiger partial charge on any atom is -0.508 e. The van der Waals surface area contributed by atoms with E-state index in [4.69, 9.17) is 16.3 Å². The molecule has 2 aromatic rings. The van der Waals surface area contributed by atoms with Crippen molar-refractivity contribution in [2.45, 2.75) is 6.92 Å². The number of aromatic hydroxyl groups is 2. The molecule has 0 bridgehead atoms. The predicted octanol–water partition coefficient (Wildman–Crippen LogP) is 5.43. The van der Waals surface area contributed by atoms with Crippen LogP contribution in [0.2, 0.25) is 5.02 Å².